The number of carbonyl (C=O) groups is 1. The topological polar surface area (TPSA) is 95.6 Å². The third-order valence-electron chi connectivity index (χ3n) is 6.68. The van der Waals surface area contributed by atoms with Crippen molar-refractivity contribution in [3.63, 3.8) is 0 Å². The van der Waals surface area contributed by atoms with Gasteiger partial charge in [-0.1, -0.05) is 50.7 Å². The molecule has 2 aliphatic rings. The molecule has 1 aromatic carbocycles. The average Bonchev–Trinajstić information content (AvgIpc) is 3.31. The number of aromatic nitrogens is 2. The molecule has 2 heterocycles. The minimum Gasteiger partial charge on any atom is -0.507 e. The van der Waals surface area contributed by atoms with Crippen molar-refractivity contribution in [1.29, 1.82) is 0 Å². The van der Waals surface area contributed by atoms with Gasteiger partial charge in [-0.15, -0.1) is 10.2 Å². The molecule has 2 aromatic rings. The van der Waals surface area contributed by atoms with Gasteiger partial charge in [-0.2, -0.15) is 0 Å². The Balaban J connectivity index is 1.29. The van der Waals surface area contributed by atoms with Crippen molar-refractivity contribution in [2.24, 2.45) is 5.92 Å². The molecule has 4 rings (SSSR count). The van der Waals surface area contributed by atoms with E-state index in [1.54, 1.807) is 12.1 Å². The number of nitrogens with two attached hydrogens (primary N) is 1. The normalized spacial score (nSPS) is 17.3. The number of anilines is 2. The van der Waals surface area contributed by atoms with Crippen LogP contribution in [-0.4, -0.2) is 52.3 Å². The van der Waals surface area contributed by atoms with Crippen LogP contribution in [0.25, 0.3) is 11.3 Å². The largest absolute Gasteiger partial charge is 0.507 e. The van der Waals surface area contributed by atoms with Crippen LogP contribution in [0.2, 0.25) is 0 Å². The second-order valence-corrected chi connectivity index (χ2v) is 8.78. The molecule has 0 radical (unpaired) electrons. The SMILES string of the molecule is Nc1nnc(-c2ccccc2O)cc1N1CCN(C(=O)CCCCC2CCCC2)CC1. The monoisotopic (exact) mass is 423 g/mol. The molecular formula is C24H33N5O2. The Kier molecular flexibility index (Phi) is 6.89. The van der Waals surface area contributed by atoms with Crippen LogP contribution >= 0.6 is 0 Å². The van der Waals surface area contributed by atoms with E-state index < -0.39 is 0 Å². The molecular weight excluding hydrogens is 390 g/mol. The van der Waals surface area contributed by atoms with Crippen LogP contribution in [0, 0.1) is 5.92 Å². The number of phenols is 1. The molecule has 0 atom stereocenters. The predicted molar refractivity (Wildman–Crippen MR) is 123 cm³/mol. The molecule has 166 valence electrons. The highest BCUT2D eigenvalue weighted by Crippen LogP contribution is 2.32. The average molecular weight is 424 g/mol. The summed E-state index contributed by atoms with van der Waals surface area (Å²) in [6.07, 6.45) is 9.66. The van der Waals surface area contributed by atoms with Crippen LogP contribution in [0.1, 0.15) is 51.4 Å². The lowest BCUT2D eigenvalue weighted by atomic mass is 10.00. The predicted octanol–water partition coefficient (Wildman–Crippen LogP) is 3.83. The quantitative estimate of drug-likeness (QED) is 0.657. The van der Waals surface area contributed by atoms with Crippen LogP contribution in [0.4, 0.5) is 11.5 Å². The number of rotatable bonds is 7. The van der Waals surface area contributed by atoms with Crippen LogP contribution in [-0.2, 0) is 4.79 Å². The molecule has 1 saturated heterocycles. The number of carbonyl (C=O) groups excluding carboxylic acids is 1. The summed E-state index contributed by atoms with van der Waals surface area (Å²) in [6, 6.07) is 8.94. The van der Waals surface area contributed by atoms with E-state index in [2.05, 4.69) is 15.1 Å². The first-order chi connectivity index (χ1) is 15.1. The summed E-state index contributed by atoms with van der Waals surface area (Å²) in [4.78, 5) is 16.7. The third kappa shape index (κ3) is 5.27. The second kappa shape index (κ2) is 9.98. The van der Waals surface area contributed by atoms with Gasteiger partial charge < -0.3 is 20.6 Å². The molecule has 7 heteroatoms. The summed E-state index contributed by atoms with van der Waals surface area (Å²) in [7, 11) is 0. The molecule has 7 nitrogen and oxygen atoms in total. The maximum absolute atomic E-state index is 12.6. The van der Waals surface area contributed by atoms with Crippen molar-refractivity contribution in [2.45, 2.75) is 51.4 Å². The lowest BCUT2D eigenvalue weighted by Crippen LogP contribution is -2.49. The number of nitrogen functional groups attached to an aromatic ring is 1. The van der Waals surface area contributed by atoms with Crippen LogP contribution in [0.3, 0.4) is 0 Å². The van der Waals surface area contributed by atoms with Gasteiger partial charge in [0.15, 0.2) is 5.82 Å². The summed E-state index contributed by atoms with van der Waals surface area (Å²) in [5.41, 5.74) is 8.12. The van der Waals surface area contributed by atoms with Gasteiger partial charge in [-0.25, -0.2) is 0 Å². The molecule has 2 fully saturated rings. The third-order valence-corrected chi connectivity index (χ3v) is 6.68. The van der Waals surface area contributed by atoms with Gasteiger partial charge in [0.25, 0.3) is 0 Å². The minimum absolute atomic E-state index is 0.163. The zero-order valence-electron chi connectivity index (χ0n) is 18.2. The summed E-state index contributed by atoms with van der Waals surface area (Å²) in [5, 5.41) is 18.4. The number of hydrogen-bond donors (Lipinski definition) is 2. The Morgan fingerprint density at radius 2 is 1.81 bits per heavy atom. The Bertz CT molecular complexity index is 889. The number of piperazine rings is 1. The lowest BCUT2D eigenvalue weighted by molar-refractivity contribution is -0.131. The van der Waals surface area contributed by atoms with E-state index in [4.69, 9.17) is 5.73 Å². The van der Waals surface area contributed by atoms with Gasteiger partial charge in [0, 0.05) is 38.2 Å². The number of unbranched alkanes of at least 4 members (excludes halogenated alkanes) is 1. The van der Waals surface area contributed by atoms with Gasteiger partial charge in [-0.05, 0) is 30.5 Å². The Morgan fingerprint density at radius 3 is 2.55 bits per heavy atom. The van der Waals surface area contributed by atoms with Crippen molar-refractivity contribution >= 4 is 17.4 Å². The number of amides is 1. The molecule has 1 aromatic heterocycles. The first-order valence-electron chi connectivity index (χ1n) is 11.6. The second-order valence-electron chi connectivity index (χ2n) is 8.78. The molecule has 1 aliphatic carbocycles. The number of benzene rings is 1. The van der Waals surface area contributed by atoms with Crippen molar-refractivity contribution in [3.8, 4) is 17.0 Å². The minimum atomic E-state index is 0.163. The summed E-state index contributed by atoms with van der Waals surface area (Å²) in [6.45, 7) is 2.80. The molecule has 0 bridgehead atoms. The number of para-hydroxylation sites is 1. The van der Waals surface area contributed by atoms with Gasteiger partial charge in [-0.3, -0.25) is 4.79 Å². The van der Waals surface area contributed by atoms with E-state index in [0.29, 0.717) is 49.7 Å². The first-order valence-corrected chi connectivity index (χ1v) is 11.6. The van der Waals surface area contributed by atoms with Gasteiger partial charge in [0.05, 0.1) is 11.4 Å². The highest BCUT2D eigenvalue weighted by Gasteiger charge is 2.23. The Hall–Kier alpha value is -2.83. The number of phenolic OH excluding ortho intramolecular Hbond substituents is 1. The Morgan fingerprint density at radius 1 is 1.06 bits per heavy atom. The zero-order chi connectivity index (χ0) is 21.6. The van der Waals surface area contributed by atoms with Crippen LogP contribution < -0.4 is 10.6 Å². The lowest BCUT2D eigenvalue weighted by Gasteiger charge is -2.36. The maximum atomic E-state index is 12.6. The van der Waals surface area contributed by atoms with E-state index in [0.717, 1.165) is 18.0 Å². The molecule has 0 spiro atoms. The van der Waals surface area contributed by atoms with E-state index in [9.17, 15) is 9.90 Å². The van der Waals surface area contributed by atoms with Gasteiger partial charge >= 0.3 is 0 Å². The van der Waals surface area contributed by atoms with E-state index in [1.165, 1.54) is 38.5 Å². The number of nitrogens with zero attached hydrogens (tertiary/aromatic N) is 4. The van der Waals surface area contributed by atoms with Crippen molar-refractivity contribution in [2.75, 3.05) is 36.8 Å². The highest BCUT2D eigenvalue weighted by atomic mass is 16.3. The van der Waals surface area contributed by atoms with E-state index >= 15 is 0 Å². The van der Waals surface area contributed by atoms with E-state index in [1.807, 2.05) is 23.1 Å². The summed E-state index contributed by atoms with van der Waals surface area (Å²) >= 11 is 0. The van der Waals surface area contributed by atoms with Gasteiger partial charge in [0.1, 0.15) is 5.75 Å². The van der Waals surface area contributed by atoms with Crippen molar-refractivity contribution in [3.05, 3.63) is 30.3 Å². The van der Waals surface area contributed by atoms with E-state index in [-0.39, 0.29) is 11.7 Å². The van der Waals surface area contributed by atoms with Crippen molar-refractivity contribution in [1.82, 2.24) is 15.1 Å². The summed E-state index contributed by atoms with van der Waals surface area (Å²) < 4.78 is 0. The molecule has 3 N–H and O–H groups in total. The van der Waals surface area contributed by atoms with Crippen molar-refractivity contribution < 1.29 is 9.90 Å². The molecule has 1 aliphatic heterocycles. The zero-order valence-corrected chi connectivity index (χ0v) is 18.2. The molecule has 0 unspecified atom stereocenters. The van der Waals surface area contributed by atoms with Crippen LogP contribution in [0.5, 0.6) is 5.75 Å². The Labute approximate surface area is 184 Å². The first kappa shape index (κ1) is 21.4. The fourth-order valence-electron chi connectivity index (χ4n) is 4.83. The molecule has 1 saturated carbocycles. The van der Waals surface area contributed by atoms with Crippen LogP contribution in [0.15, 0.2) is 30.3 Å². The fraction of sp³-hybridized carbons (Fsp3) is 0.542. The van der Waals surface area contributed by atoms with Gasteiger partial charge in [0.2, 0.25) is 5.91 Å². The number of hydrogen-bond acceptors (Lipinski definition) is 6. The standard InChI is InChI=1S/C24H33N5O2/c25-24-21(17-20(26-27-24)19-10-4-5-11-22(19)30)28-13-15-29(16-14-28)23(31)12-6-3-9-18-7-1-2-8-18/h4-5,10-11,17-18,30H,1-3,6-9,12-16H2,(H2,25,27). The molecule has 31 heavy (non-hydrogen) atoms. The summed E-state index contributed by atoms with van der Waals surface area (Å²) in [5.74, 6) is 1.70. The fourth-order valence-corrected chi connectivity index (χ4v) is 4.83. The highest BCUT2D eigenvalue weighted by molar-refractivity contribution is 5.77. The maximum Gasteiger partial charge on any atom is 0.222 e. The molecule has 1 amide bonds. The number of aromatic hydroxyl groups is 1. The smallest absolute Gasteiger partial charge is 0.222 e.